The van der Waals surface area contributed by atoms with Crippen molar-refractivity contribution in [2.24, 2.45) is 0 Å². The summed E-state index contributed by atoms with van der Waals surface area (Å²) in [5, 5.41) is 11.4. The summed E-state index contributed by atoms with van der Waals surface area (Å²) in [6.07, 6.45) is 0. The van der Waals surface area contributed by atoms with Crippen LogP contribution in [0.1, 0.15) is 34.7 Å². The van der Waals surface area contributed by atoms with Gasteiger partial charge in [-0.1, -0.05) is 0 Å². The molecule has 1 N–H and O–H groups in total. The van der Waals surface area contributed by atoms with E-state index >= 15 is 0 Å². The molecule has 1 amide bonds. The van der Waals surface area contributed by atoms with Gasteiger partial charge in [0.25, 0.3) is 5.56 Å². The molecule has 0 aliphatic heterocycles. The third kappa shape index (κ3) is 4.23. The molecule has 1 unspecified atom stereocenters. The van der Waals surface area contributed by atoms with Gasteiger partial charge in [0.05, 0.1) is 18.4 Å². The standard InChI is InChI=1S/C20H21N5O4/c1-12-11-13(2)24(22-12)17-9-10-18(26)25(23-17)14(3)19(27)21-16-7-5-15(6-8-16)20(28)29-4/h5-11,14H,1-4H3,(H,21,27). The van der Waals surface area contributed by atoms with Crippen LogP contribution < -0.4 is 10.9 Å². The van der Waals surface area contributed by atoms with E-state index < -0.39 is 23.5 Å². The van der Waals surface area contributed by atoms with Gasteiger partial charge < -0.3 is 10.1 Å². The first-order valence-corrected chi connectivity index (χ1v) is 8.93. The van der Waals surface area contributed by atoms with Crippen molar-refractivity contribution in [2.45, 2.75) is 26.8 Å². The maximum absolute atomic E-state index is 12.6. The van der Waals surface area contributed by atoms with Gasteiger partial charge in [-0.2, -0.15) is 5.10 Å². The molecule has 29 heavy (non-hydrogen) atoms. The summed E-state index contributed by atoms with van der Waals surface area (Å²) in [7, 11) is 1.30. The number of aromatic nitrogens is 4. The van der Waals surface area contributed by atoms with Gasteiger partial charge in [-0.15, -0.1) is 5.10 Å². The largest absolute Gasteiger partial charge is 0.465 e. The quantitative estimate of drug-likeness (QED) is 0.662. The summed E-state index contributed by atoms with van der Waals surface area (Å²) in [6, 6.07) is 10.2. The molecule has 150 valence electrons. The van der Waals surface area contributed by atoms with Gasteiger partial charge in [-0.3, -0.25) is 9.59 Å². The minimum absolute atomic E-state index is 0.369. The molecule has 2 heterocycles. The number of nitrogens with zero attached hydrogens (tertiary/aromatic N) is 4. The van der Waals surface area contributed by atoms with E-state index in [1.165, 1.54) is 13.2 Å². The number of hydrogen-bond donors (Lipinski definition) is 1. The van der Waals surface area contributed by atoms with E-state index in [0.29, 0.717) is 17.1 Å². The smallest absolute Gasteiger partial charge is 0.337 e. The molecule has 9 nitrogen and oxygen atoms in total. The molecule has 1 atom stereocenters. The summed E-state index contributed by atoms with van der Waals surface area (Å²) >= 11 is 0. The highest BCUT2D eigenvalue weighted by Crippen LogP contribution is 2.14. The zero-order valence-corrected chi connectivity index (χ0v) is 16.5. The fraction of sp³-hybridized carbons (Fsp3) is 0.250. The molecule has 0 spiro atoms. The van der Waals surface area contributed by atoms with E-state index in [1.807, 2.05) is 19.9 Å². The Hall–Kier alpha value is -3.75. The Morgan fingerprint density at radius 1 is 1.07 bits per heavy atom. The van der Waals surface area contributed by atoms with Crippen LogP contribution in [0.5, 0.6) is 0 Å². The van der Waals surface area contributed by atoms with Crippen LogP contribution in [0.4, 0.5) is 5.69 Å². The van der Waals surface area contributed by atoms with Crippen LogP contribution in [0.15, 0.2) is 47.3 Å². The summed E-state index contributed by atoms with van der Waals surface area (Å²) in [6.45, 7) is 5.32. The topological polar surface area (TPSA) is 108 Å². The number of aryl methyl sites for hydroxylation is 2. The maximum atomic E-state index is 12.6. The molecule has 0 radical (unpaired) electrons. The first-order chi connectivity index (χ1) is 13.8. The maximum Gasteiger partial charge on any atom is 0.337 e. The Kier molecular flexibility index (Phi) is 5.58. The van der Waals surface area contributed by atoms with Crippen LogP contribution in [-0.2, 0) is 9.53 Å². The van der Waals surface area contributed by atoms with Gasteiger partial charge in [-0.05, 0) is 57.2 Å². The number of amides is 1. The minimum Gasteiger partial charge on any atom is -0.465 e. The van der Waals surface area contributed by atoms with Gasteiger partial charge in [0.2, 0.25) is 5.91 Å². The van der Waals surface area contributed by atoms with E-state index in [0.717, 1.165) is 16.1 Å². The monoisotopic (exact) mass is 395 g/mol. The molecule has 0 aliphatic carbocycles. The summed E-state index contributed by atoms with van der Waals surface area (Å²) in [4.78, 5) is 36.4. The molecule has 3 rings (SSSR count). The molecule has 9 heteroatoms. The van der Waals surface area contributed by atoms with Crippen molar-refractivity contribution < 1.29 is 14.3 Å². The molecule has 0 saturated heterocycles. The summed E-state index contributed by atoms with van der Waals surface area (Å²) < 4.78 is 7.37. The Balaban J connectivity index is 1.82. The second-order valence-electron chi connectivity index (χ2n) is 6.55. The lowest BCUT2D eigenvalue weighted by molar-refractivity contribution is -0.119. The number of hydrogen-bond acceptors (Lipinski definition) is 6. The zero-order chi connectivity index (χ0) is 21.1. The summed E-state index contributed by atoms with van der Waals surface area (Å²) in [5.41, 5.74) is 2.14. The van der Waals surface area contributed by atoms with Crippen LogP contribution in [-0.4, -0.2) is 38.5 Å². The van der Waals surface area contributed by atoms with E-state index in [4.69, 9.17) is 0 Å². The van der Waals surface area contributed by atoms with E-state index in [9.17, 15) is 14.4 Å². The van der Waals surface area contributed by atoms with Crippen LogP contribution >= 0.6 is 0 Å². The molecular weight excluding hydrogens is 374 g/mol. The molecule has 0 saturated carbocycles. The molecule has 3 aromatic rings. The fourth-order valence-electron chi connectivity index (χ4n) is 2.83. The van der Waals surface area contributed by atoms with Crippen molar-refractivity contribution in [1.82, 2.24) is 19.6 Å². The van der Waals surface area contributed by atoms with Crippen LogP contribution in [0.3, 0.4) is 0 Å². The predicted octanol–water partition coefficient (Wildman–Crippen LogP) is 2.03. The predicted molar refractivity (Wildman–Crippen MR) is 106 cm³/mol. The van der Waals surface area contributed by atoms with Gasteiger partial charge in [0, 0.05) is 17.4 Å². The SMILES string of the molecule is COC(=O)c1ccc(NC(=O)C(C)n2nc(-n3nc(C)cc3C)ccc2=O)cc1. The first-order valence-electron chi connectivity index (χ1n) is 8.93. The van der Waals surface area contributed by atoms with Gasteiger partial charge in [0.1, 0.15) is 6.04 Å². The van der Waals surface area contributed by atoms with Crippen molar-refractivity contribution in [3.63, 3.8) is 0 Å². The highest BCUT2D eigenvalue weighted by atomic mass is 16.5. The number of ether oxygens (including phenoxy) is 1. The first kappa shape index (κ1) is 20.0. The molecule has 1 aromatic carbocycles. The number of esters is 1. The number of nitrogens with one attached hydrogen (secondary N) is 1. The lowest BCUT2D eigenvalue weighted by Crippen LogP contribution is -2.33. The average molecular weight is 395 g/mol. The Morgan fingerprint density at radius 3 is 2.34 bits per heavy atom. The minimum atomic E-state index is -0.861. The van der Waals surface area contributed by atoms with Crippen LogP contribution in [0, 0.1) is 13.8 Å². The number of carbonyl (C=O) groups excluding carboxylic acids is 2. The van der Waals surface area contributed by atoms with Gasteiger partial charge in [-0.25, -0.2) is 14.2 Å². The number of benzene rings is 1. The molecule has 2 aromatic heterocycles. The third-order valence-electron chi connectivity index (χ3n) is 4.36. The Bertz CT molecular complexity index is 1110. The zero-order valence-electron chi connectivity index (χ0n) is 16.5. The van der Waals surface area contributed by atoms with E-state index in [2.05, 4.69) is 20.3 Å². The highest BCUT2D eigenvalue weighted by Gasteiger charge is 2.19. The summed E-state index contributed by atoms with van der Waals surface area (Å²) in [5.74, 6) is -0.443. The molecule has 0 bridgehead atoms. The number of anilines is 1. The fourth-order valence-corrected chi connectivity index (χ4v) is 2.83. The molecule has 0 fully saturated rings. The van der Waals surface area contributed by atoms with Crippen LogP contribution in [0.25, 0.3) is 5.82 Å². The average Bonchev–Trinajstić information content (AvgIpc) is 3.05. The van der Waals surface area contributed by atoms with Crippen molar-refractivity contribution >= 4 is 17.6 Å². The molecule has 0 aliphatic rings. The number of rotatable bonds is 5. The molecular formula is C20H21N5O4. The van der Waals surface area contributed by atoms with Crippen LogP contribution in [0.2, 0.25) is 0 Å². The van der Waals surface area contributed by atoms with E-state index in [1.54, 1.807) is 41.9 Å². The highest BCUT2D eigenvalue weighted by molar-refractivity contribution is 5.94. The van der Waals surface area contributed by atoms with Crippen molar-refractivity contribution in [3.8, 4) is 5.82 Å². The number of carbonyl (C=O) groups is 2. The van der Waals surface area contributed by atoms with Crippen molar-refractivity contribution in [2.75, 3.05) is 12.4 Å². The third-order valence-corrected chi connectivity index (χ3v) is 4.36. The van der Waals surface area contributed by atoms with Gasteiger partial charge in [0.15, 0.2) is 5.82 Å². The van der Waals surface area contributed by atoms with E-state index in [-0.39, 0.29) is 0 Å². The Labute approximate surface area is 166 Å². The second kappa shape index (κ2) is 8.09. The Morgan fingerprint density at radius 2 is 1.76 bits per heavy atom. The van der Waals surface area contributed by atoms with Gasteiger partial charge >= 0.3 is 5.97 Å². The lowest BCUT2D eigenvalue weighted by atomic mass is 10.2. The normalized spacial score (nSPS) is 11.7. The lowest BCUT2D eigenvalue weighted by Gasteiger charge is -2.15. The number of methoxy groups -OCH3 is 1. The van der Waals surface area contributed by atoms with Crippen molar-refractivity contribution in [1.29, 1.82) is 0 Å². The second-order valence-corrected chi connectivity index (χ2v) is 6.55. The van der Waals surface area contributed by atoms with Crippen molar-refractivity contribution in [3.05, 3.63) is 69.8 Å².